The molecule has 0 atom stereocenters. The fourth-order valence-corrected chi connectivity index (χ4v) is 5.43. The number of pyridine rings is 1. The first-order chi connectivity index (χ1) is 15.5. The highest BCUT2D eigenvalue weighted by atomic mass is 32.2. The van der Waals surface area contributed by atoms with Crippen molar-refractivity contribution >= 4 is 27.3 Å². The molecule has 0 aliphatic carbocycles. The second-order valence-corrected chi connectivity index (χ2v) is 9.74. The molecule has 2 saturated heterocycles. The van der Waals surface area contributed by atoms with E-state index < -0.39 is 10.0 Å². The summed E-state index contributed by atoms with van der Waals surface area (Å²) in [7, 11) is -3.68. The zero-order chi connectivity index (χ0) is 22.6. The Morgan fingerprint density at radius 2 is 1.72 bits per heavy atom. The highest BCUT2D eigenvalue weighted by Gasteiger charge is 2.28. The molecular weight excluding hydrogens is 430 g/mol. The van der Waals surface area contributed by atoms with Crippen LogP contribution >= 0.6 is 0 Å². The molecule has 9 nitrogen and oxygen atoms in total. The van der Waals surface area contributed by atoms with E-state index in [1.165, 1.54) is 4.31 Å². The SMILES string of the molecule is CCN1CCN(c2ccc(S(=O)(=O)N3CCOCC3)cc2NC(=O)c2ccncc2)CC1. The Hall–Kier alpha value is -2.53. The average molecular weight is 460 g/mol. The molecule has 1 aromatic carbocycles. The van der Waals surface area contributed by atoms with Crippen molar-refractivity contribution in [3.63, 3.8) is 0 Å². The molecule has 2 fully saturated rings. The maximum Gasteiger partial charge on any atom is 0.255 e. The molecule has 1 N–H and O–H groups in total. The number of amides is 1. The van der Waals surface area contributed by atoms with E-state index in [4.69, 9.17) is 4.74 Å². The zero-order valence-electron chi connectivity index (χ0n) is 18.2. The summed E-state index contributed by atoms with van der Waals surface area (Å²) in [5.41, 5.74) is 1.78. The Bertz CT molecular complexity index is 1030. The summed E-state index contributed by atoms with van der Waals surface area (Å²) >= 11 is 0. The van der Waals surface area contributed by atoms with Crippen molar-refractivity contribution in [1.82, 2.24) is 14.2 Å². The van der Waals surface area contributed by atoms with Crippen molar-refractivity contribution in [3.8, 4) is 0 Å². The van der Waals surface area contributed by atoms with Crippen LogP contribution in [0.4, 0.5) is 11.4 Å². The predicted molar refractivity (Wildman–Crippen MR) is 123 cm³/mol. The molecule has 32 heavy (non-hydrogen) atoms. The Kier molecular flexibility index (Phi) is 7.04. The number of rotatable bonds is 6. The normalized spacial score (nSPS) is 18.5. The summed E-state index contributed by atoms with van der Waals surface area (Å²) in [5, 5.41) is 2.94. The number of nitrogens with one attached hydrogen (secondary N) is 1. The number of likely N-dealkylation sites (N-methyl/N-ethyl adjacent to an activating group) is 1. The molecule has 2 aromatic rings. The topological polar surface area (TPSA) is 95.1 Å². The van der Waals surface area contributed by atoms with Gasteiger partial charge in [-0.15, -0.1) is 0 Å². The van der Waals surface area contributed by atoms with Gasteiger partial charge < -0.3 is 19.9 Å². The highest BCUT2D eigenvalue weighted by Crippen LogP contribution is 2.31. The van der Waals surface area contributed by atoms with Crippen LogP contribution in [0.5, 0.6) is 0 Å². The van der Waals surface area contributed by atoms with Gasteiger partial charge in [0.2, 0.25) is 10.0 Å². The van der Waals surface area contributed by atoms with Crippen molar-refractivity contribution in [2.45, 2.75) is 11.8 Å². The molecule has 0 bridgehead atoms. The van der Waals surface area contributed by atoms with Crippen LogP contribution in [0.2, 0.25) is 0 Å². The summed E-state index contributed by atoms with van der Waals surface area (Å²) in [6, 6.07) is 8.27. The molecule has 0 saturated carbocycles. The predicted octanol–water partition coefficient (Wildman–Crippen LogP) is 1.50. The number of ether oxygens (including phenoxy) is 1. The van der Waals surface area contributed by atoms with Gasteiger partial charge in [-0.2, -0.15) is 4.31 Å². The summed E-state index contributed by atoms with van der Waals surface area (Å²) in [6.07, 6.45) is 3.11. The number of benzene rings is 1. The number of piperazine rings is 1. The van der Waals surface area contributed by atoms with Gasteiger partial charge in [-0.05, 0) is 36.9 Å². The number of anilines is 2. The lowest BCUT2D eigenvalue weighted by Crippen LogP contribution is -2.46. The number of aromatic nitrogens is 1. The Morgan fingerprint density at radius 3 is 2.38 bits per heavy atom. The first-order valence-corrected chi connectivity index (χ1v) is 12.3. The van der Waals surface area contributed by atoms with Gasteiger partial charge in [0.05, 0.1) is 29.5 Å². The lowest BCUT2D eigenvalue weighted by atomic mass is 10.2. The molecule has 10 heteroatoms. The molecule has 3 heterocycles. The second-order valence-electron chi connectivity index (χ2n) is 7.81. The van der Waals surface area contributed by atoms with Crippen LogP contribution in [0.15, 0.2) is 47.6 Å². The third-order valence-corrected chi connectivity index (χ3v) is 7.82. The van der Waals surface area contributed by atoms with Crippen LogP contribution in [0.3, 0.4) is 0 Å². The van der Waals surface area contributed by atoms with E-state index >= 15 is 0 Å². The summed E-state index contributed by atoms with van der Waals surface area (Å²) in [6.45, 7) is 7.99. The molecule has 1 aromatic heterocycles. The molecule has 172 valence electrons. The van der Waals surface area contributed by atoms with E-state index in [0.717, 1.165) is 38.4 Å². The van der Waals surface area contributed by atoms with Crippen LogP contribution in [0.1, 0.15) is 17.3 Å². The number of morpholine rings is 1. The van der Waals surface area contributed by atoms with Crippen molar-refractivity contribution in [2.24, 2.45) is 0 Å². The maximum atomic E-state index is 13.2. The number of nitrogens with zero attached hydrogens (tertiary/aromatic N) is 4. The Morgan fingerprint density at radius 1 is 1.03 bits per heavy atom. The molecule has 0 spiro atoms. The zero-order valence-corrected chi connectivity index (χ0v) is 19.1. The van der Waals surface area contributed by atoms with Crippen LogP contribution in [-0.2, 0) is 14.8 Å². The van der Waals surface area contributed by atoms with E-state index in [9.17, 15) is 13.2 Å². The minimum Gasteiger partial charge on any atom is -0.379 e. The van der Waals surface area contributed by atoms with Crippen molar-refractivity contribution in [3.05, 3.63) is 48.3 Å². The van der Waals surface area contributed by atoms with Gasteiger partial charge in [0, 0.05) is 57.2 Å². The molecular formula is C22H29N5O4S. The molecule has 0 radical (unpaired) electrons. The van der Waals surface area contributed by atoms with Gasteiger partial charge in [0.1, 0.15) is 0 Å². The summed E-state index contributed by atoms with van der Waals surface area (Å²) in [4.78, 5) is 21.5. The number of hydrogen-bond donors (Lipinski definition) is 1. The fraction of sp³-hybridized carbons (Fsp3) is 0.455. The third kappa shape index (κ3) is 4.93. The second kappa shape index (κ2) is 9.95. The van der Waals surface area contributed by atoms with Crippen molar-refractivity contribution in [1.29, 1.82) is 0 Å². The standard InChI is InChI=1S/C22H29N5O4S/c1-2-25-9-11-26(12-10-25)21-4-3-19(32(29,30)27-13-15-31-16-14-27)17-20(21)24-22(28)18-5-7-23-8-6-18/h3-8,17H,2,9-16H2,1H3,(H,24,28). The monoisotopic (exact) mass is 459 g/mol. The molecule has 0 unspecified atom stereocenters. The molecule has 2 aliphatic heterocycles. The Labute approximate surface area is 189 Å². The van der Waals surface area contributed by atoms with Gasteiger partial charge >= 0.3 is 0 Å². The van der Waals surface area contributed by atoms with E-state index in [1.807, 2.05) is 0 Å². The number of carbonyl (C=O) groups excluding carboxylic acids is 1. The van der Waals surface area contributed by atoms with Gasteiger partial charge in [0.15, 0.2) is 0 Å². The van der Waals surface area contributed by atoms with Crippen LogP contribution in [-0.4, -0.2) is 87.5 Å². The largest absolute Gasteiger partial charge is 0.379 e. The molecule has 4 rings (SSSR count). The number of carbonyl (C=O) groups is 1. The molecule has 2 aliphatic rings. The van der Waals surface area contributed by atoms with Crippen LogP contribution in [0.25, 0.3) is 0 Å². The quantitative estimate of drug-likeness (QED) is 0.699. The van der Waals surface area contributed by atoms with E-state index in [-0.39, 0.29) is 10.8 Å². The van der Waals surface area contributed by atoms with Crippen LogP contribution < -0.4 is 10.2 Å². The van der Waals surface area contributed by atoms with Gasteiger partial charge in [-0.3, -0.25) is 9.78 Å². The van der Waals surface area contributed by atoms with E-state index in [0.29, 0.717) is 37.6 Å². The van der Waals surface area contributed by atoms with Crippen molar-refractivity contribution < 1.29 is 17.9 Å². The van der Waals surface area contributed by atoms with Crippen LogP contribution in [0, 0.1) is 0 Å². The first kappa shape index (κ1) is 22.7. The third-order valence-electron chi connectivity index (χ3n) is 5.93. The highest BCUT2D eigenvalue weighted by molar-refractivity contribution is 7.89. The maximum absolute atomic E-state index is 13.2. The minimum atomic E-state index is -3.68. The fourth-order valence-electron chi connectivity index (χ4n) is 3.99. The number of sulfonamides is 1. The minimum absolute atomic E-state index is 0.167. The van der Waals surface area contributed by atoms with Crippen molar-refractivity contribution in [2.75, 3.05) is 69.2 Å². The summed E-state index contributed by atoms with van der Waals surface area (Å²) in [5.74, 6) is -0.304. The average Bonchev–Trinajstić information content (AvgIpc) is 2.85. The first-order valence-electron chi connectivity index (χ1n) is 10.9. The Balaban J connectivity index is 1.66. The summed E-state index contributed by atoms with van der Waals surface area (Å²) < 4.78 is 33.1. The van der Waals surface area contributed by atoms with E-state index in [1.54, 1.807) is 42.7 Å². The molecule has 1 amide bonds. The van der Waals surface area contributed by atoms with Gasteiger partial charge in [0.25, 0.3) is 5.91 Å². The van der Waals surface area contributed by atoms with Gasteiger partial charge in [-0.25, -0.2) is 8.42 Å². The smallest absolute Gasteiger partial charge is 0.255 e. The lowest BCUT2D eigenvalue weighted by molar-refractivity contribution is 0.0730. The lowest BCUT2D eigenvalue weighted by Gasteiger charge is -2.36. The van der Waals surface area contributed by atoms with Gasteiger partial charge in [-0.1, -0.05) is 6.92 Å². The number of hydrogen-bond acceptors (Lipinski definition) is 7. The van der Waals surface area contributed by atoms with E-state index in [2.05, 4.69) is 27.0 Å².